The van der Waals surface area contributed by atoms with Crippen LogP contribution in [0, 0.1) is 6.92 Å². The third-order valence-electron chi connectivity index (χ3n) is 2.78. The maximum atomic E-state index is 4.50. The van der Waals surface area contributed by atoms with Crippen LogP contribution in [0.15, 0.2) is 29.3 Å². The van der Waals surface area contributed by atoms with E-state index >= 15 is 0 Å². The summed E-state index contributed by atoms with van der Waals surface area (Å²) in [6.45, 7) is 4.18. The molecule has 0 spiro atoms. The van der Waals surface area contributed by atoms with Gasteiger partial charge in [-0.3, -0.25) is 4.99 Å². The Hall–Kier alpha value is -1.31. The second-order valence-electron chi connectivity index (χ2n) is 3.82. The van der Waals surface area contributed by atoms with Gasteiger partial charge in [-0.15, -0.1) is 0 Å². The Balaban J connectivity index is 2.15. The van der Waals surface area contributed by atoms with E-state index in [1.54, 1.807) is 0 Å². The molecule has 1 aliphatic rings. The molecule has 0 saturated carbocycles. The van der Waals surface area contributed by atoms with Gasteiger partial charge in [-0.05, 0) is 18.1 Å². The van der Waals surface area contributed by atoms with Crippen LogP contribution in [0.25, 0.3) is 0 Å². The molecule has 0 fully saturated rings. The predicted molar refractivity (Wildman–Crippen MR) is 59.8 cm³/mol. The van der Waals surface area contributed by atoms with Crippen molar-refractivity contribution >= 4 is 5.84 Å². The third kappa shape index (κ3) is 1.79. The van der Waals surface area contributed by atoms with Gasteiger partial charge in [0.05, 0.1) is 6.54 Å². The summed E-state index contributed by atoms with van der Waals surface area (Å²) >= 11 is 0. The molecule has 1 aromatic carbocycles. The number of aliphatic imine (C=N–C) groups is 1. The van der Waals surface area contributed by atoms with Crippen molar-refractivity contribution in [2.45, 2.75) is 13.3 Å². The lowest BCUT2D eigenvalue weighted by atomic mass is 10.1. The van der Waals surface area contributed by atoms with Crippen molar-refractivity contribution in [3.05, 3.63) is 35.4 Å². The summed E-state index contributed by atoms with van der Waals surface area (Å²) in [5, 5.41) is 0. The Kier molecular flexibility index (Phi) is 2.53. The molecule has 1 aromatic rings. The largest absolute Gasteiger partial charge is 0.361 e. The zero-order valence-electron chi connectivity index (χ0n) is 8.83. The molecule has 0 saturated heterocycles. The maximum absolute atomic E-state index is 4.50. The van der Waals surface area contributed by atoms with Crippen molar-refractivity contribution in [2.75, 3.05) is 20.1 Å². The molecule has 0 unspecified atom stereocenters. The first kappa shape index (κ1) is 9.25. The second kappa shape index (κ2) is 3.82. The highest BCUT2D eigenvalue weighted by Gasteiger charge is 2.12. The van der Waals surface area contributed by atoms with Gasteiger partial charge in [0.15, 0.2) is 0 Å². The number of hydrogen-bond donors (Lipinski definition) is 0. The minimum absolute atomic E-state index is 0.956. The summed E-state index contributed by atoms with van der Waals surface area (Å²) in [5.41, 5.74) is 2.75. The van der Waals surface area contributed by atoms with E-state index in [0.29, 0.717) is 0 Å². The van der Waals surface area contributed by atoms with E-state index in [1.165, 1.54) is 17.0 Å². The first-order chi connectivity index (χ1) is 6.77. The van der Waals surface area contributed by atoms with Crippen molar-refractivity contribution in [3.63, 3.8) is 0 Å². The Labute approximate surface area is 85.3 Å². The normalized spacial score (nSPS) is 15.9. The predicted octanol–water partition coefficient (Wildman–Crippen LogP) is 1.88. The molecule has 0 aromatic heterocycles. The lowest BCUT2D eigenvalue weighted by Gasteiger charge is -2.14. The van der Waals surface area contributed by atoms with Crippen molar-refractivity contribution in [1.82, 2.24) is 4.90 Å². The highest BCUT2D eigenvalue weighted by atomic mass is 15.2. The van der Waals surface area contributed by atoms with Gasteiger partial charge in [-0.1, -0.05) is 24.3 Å². The van der Waals surface area contributed by atoms with Gasteiger partial charge < -0.3 is 4.90 Å². The molecule has 2 heteroatoms. The van der Waals surface area contributed by atoms with E-state index in [2.05, 4.69) is 48.1 Å². The molecule has 14 heavy (non-hydrogen) atoms. The Bertz CT molecular complexity index is 355. The summed E-state index contributed by atoms with van der Waals surface area (Å²) in [7, 11) is 2.12. The van der Waals surface area contributed by atoms with Gasteiger partial charge in [0.1, 0.15) is 5.84 Å². The van der Waals surface area contributed by atoms with Crippen LogP contribution in [-0.4, -0.2) is 30.9 Å². The minimum Gasteiger partial charge on any atom is -0.361 e. The number of likely N-dealkylation sites (N-methyl/N-ethyl adjacent to an activating group) is 1. The maximum Gasteiger partial charge on any atom is 0.103 e. The van der Waals surface area contributed by atoms with Crippen LogP contribution >= 0.6 is 0 Å². The molecule has 0 amide bonds. The van der Waals surface area contributed by atoms with Crippen LogP contribution in [0.1, 0.15) is 11.1 Å². The van der Waals surface area contributed by atoms with Gasteiger partial charge in [0.2, 0.25) is 0 Å². The standard InChI is InChI=1S/C12H16N2/c1-10-5-3-4-6-11(10)9-12-13-7-8-14(12)2/h3-6H,7-9H2,1-2H3. The van der Waals surface area contributed by atoms with Crippen LogP contribution in [-0.2, 0) is 6.42 Å². The third-order valence-corrected chi connectivity index (χ3v) is 2.78. The molecule has 0 aliphatic carbocycles. The van der Waals surface area contributed by atoms with Gasteiger partial charge >= 0.3 is 0 Å². The molecular weight excluding hydrogens is 172 g/mol. The van der Waals surface area contributed by atoms with Crippen molar-refractivity contribution in [2.24, 2.45) is 4.99 Å². The first-order valence-electron chi connectivity index (χ1n) is 5.06. The highest BCUT2D eigenvalue weighted by molar-refractivity contribution is 5.85. The topological polar surface area (TPSA) is 15.6 Å². The number of rotatable bonds is 2. The van der Waals surface area contributed by atoms with E-state index in [-0.39, 0.29) is 0 Å². The molecule has 2 nitrogen and oxygen atoms in total. The van der Waals surface area contributed by atoms with E-state index in [1.807, 2.05) is 0 Å². The quantitative estimate of drug-likeness (QED) is 0.692. The van der Waals surface area contributed by atoms with Gasteiger partial charge in [-0.25, -0.2) is 0 Å². The van der Waals surface area contributed by atoms with Crippen LogP contribution in [0.3, 0.4) is 0 Å². The lowest BCUT2D eigenvalue weighted by Crippen LogP contribution is -2.24. The Morgan fingerprint density at radius 2 is 2.14 bits per heavy atom. The van der Waals surface area contributed by atoms with Crippen LogP contribution in [0.5, 0.6) is 0 Å². The molecule has 1 heterocycles. The molecule has 0 atom stereocenters. The lowest BCUT2D eigenvalue weighted by molar-refractivity contribution is 0.548. The van der Waals surface area contributed by atoms with E-state index < -0.39 is 0 Å². The summed E-state index contributed by atoms with van der Waals surface area (Å²) in [6, 6.07) is 8.52. The SMILES string of the molecule is Cc1ccccc1CC1=NCCN1C. The molecule has 74 valence electrons. The monoisotopic (exact) mass is 188 g/mol. The van der Waals surface area contributed by atoms with Crippen LogP contribution in [0.4, 0.5) is 0 Å². The second-order valence-corrected chi connectivity index (χ2v) is 3.82. The van der Waals surface area contributed by atoms with Crippen LogP contribution < -0.4 is 0 Å². The Morgan fingerprint density at radius 1 is 1.36 bits per heavy atom. The first-order valence-corrected chi connectivity index (χ1v) is 5.06. The average Bonchev–Trinajstić information content (AvgIpc) is 2.56. The number of amidine groups is 1. The molecular formula is C12H16N2. The molecule has 2 rings (SSSR count). The smallest absolute Gasteiger partial charge is 0.103 e. The summed E-state index contributed by atoms with van der Waals surface area (Å²) in [5.74, 6) is 1.22. The fourth-order valence-corrected chi connectivity index (χ4v) is 1.75. The van der Waals surface area contributed by atoms with E-state index in [9.17, 15) is 0 Å². The fourth-order valence-electron chi connectivity index (χ4n) is 1.75. The Morgan fingerprint density at radius 3 is 2.79 bits per heavy atom. The van der Waals surface area contributed by atoms with Gasteiger partial charge in [0, 0.05) is 20.0 Å². The van der Waals surface area contributed by atoms with E-state index in [4.69, 9.17) is 0 Å². The van der Waals surface area contributed by atoms with Crippen molar-refractivity contribution in [3.8, 4) is 0 Å². The summed E-state index contributed by atoms with van der Waals surface area (Å²) in [4.78, 5) is 6.74. The molecule has 0 N–H and O–H groups in total. The molecule has 0 bridgehead atoms. The van der Waals surface area contributed by atoms with Crippen molar-refractivity contribution in [1.29, 1.82) is 0 Å². The molecule has 0 radical (unpaired) electrons. The fraction of sp³-hybridized carbons (Fsp3) is 0.417. The summed E-state index contributed by atoms with van der Waals surface area (Å²) in [6.07, 6.45) is 0.975. The number of hydrogen-bond acceptors (Lipinski definition) is 2. The molecule has 1 aliphatic heterocycles. The van der Waals surface area contributed by atoms with Gasteiger partial charge in [-0.2, -0.15) is 0 Å². The minimum atomic E-state index is 0.956. The number of nitrogens with zero attached hydrogens (tertiary/aromatic N) is 2. The highest BCUT2D eigenvalue weighted by Crippen LogP contribution is 2.11. The van der Waals surface area contributed by atoms with Gasteiger partial charge in [0.25, 0.3) is 0 Å². The zero-order chi connectivity index (χ0) is 9.97. The van der Waals surface area contributed by atoms with Crippen LogP contribution in [0.2, 0.25) is 0 Å². The summed E-state index contributed by atoms with van der Waals surface area (Å²) < 4.78 is 0. The number of aryl methyl sites for hydroxylation is 1. The van der Waals surface area contributed by atoms with Crippen molar-refractivity contribution < 1.29 is 0 Å². The average molecular weight is 188 g/mol. The zero-order valence-corrected chi connectivity index (χ0v) is 8.83. The number of benzene rings is 1. The van der Waals surface area contributed by atoms with E-state index in [0.717, 1.165) is 19.5 Å².